The molecule has 2 aliphatic heterocycles. The molecule has 0 amide bonds. The van der Waals surface area contributed by atoms with Crippen molar-refractivity contribution in [2.45, 2.75) is 38.8 Å². The van der Waals surface area contributed by atoms with Crippen molar-refractivity contribution in [3.8, 4) is 0 Å². The van der Waals surface area contributed by atoms with Gasteiger partial charge in [0.25, 0.3) is 0 Å². The van der Waals surface area contributed by atoms with Gasteiger partial charge in [0.1, 0.15) is 0 Å². The van der Waals surface area contributed by atoms with E-state index in [4.69, 9.17) is 4.74 Å². The maximum Gasteiger partial charge on any atom is 0.0622 e. The Hall–Kier alpha value is -0.160. The highest BCUT2D eigenvalue weighted by atomic mass is 16.5. The Morgan fingerprint density at radius 3 is 2.61 bits per heavy atom. The van der Waals surface area contributed by atoms with Gasteiger partial charge in [0, 0.05) is 50.8 Å². The SMILES string of the molecule is CCC1COCCN1CC(C)(C)N1CCNCC1. The lowest BCUT2D eigenvalue weighted by Crippen LogP contribution is -2.60. The first-order valence-corrected chi connectivity index (χ1v) is 7.41. The van der Waals surface area contributed by atoms with Crippen LogP contribution < -0.4 is 5.32 Å². The predicted molar refractivity (Wildman–Crippen MR) is 75.0 cm³/mol. The smallest absolute Gasteiger partial charge is 0.0622 e. The van der Waals surface area contributed by atoms with Crippen LogP contribution in [0.4, 0.5) is 0 Å². The van der Waals surface area contributed by atoms with Crippen LogP contribution in [0.25, 0.3) is 0 Å². The van der Waals surface area contributed by atoms with Crippen molar-refractivity contribution in [1.29, 1.82) is 0 Å². The van der Waals surface area contributed by atoms with E-state index < -0.39 is 0 Å². The summed E-state index contributed by atoms with van der Waals surface area (Å²) in [5.41, 5.74) is 0.271. The summed E-state index contributed by atoms with van der Waals surface area (Å²) < 4.78 is 5.60. The molecule has 2 aliphatic rings. The summed E-state index contributed by atoms with van der Waals surface area (Å²) >= 11 is 0. The zero-order valence-corrected chi connectivity index (χ0v) is 12.2. The molecule has 2 rings (SSSR count). The number of piperazine rings is 1. The molecule has 0 spiro atoms. The Labute approximate surface area is 112 Å². The van der Waals surface area contributed by atoms with Gasteiger partial charge in [-0.3, -0.25) is 9.80 Å². The summed E-state index contributed by atoms with van der Waals surface area (Å²) in [6.45, 7) is 15.7. The van der Waals surface area contributed by atoms with E-state index >= 15 is 0 Å². The number of hydrogen-bond donors (Lipinski definition) is 1. The van der Waals surface area contributed by atoms with Crippen molar-refractivity contribution in [2.24, 2.45) is 0 Å². The van der Waals surface area contributed by atoms with Crippen LogP contribution in [0.15, 0.2) is 0 Å². The van der Waals surface area contributed by atoms with E-state index in [1.807, 2.05) is 0 Å². The summed E-state index contributed by atoms with van der Waals surface area (Å²) in [7, 11) is 0. The lowest BCUT2D eigenvalue weighted by molar-refractivity contribution is -0.0362. The topological polar surface area (TPSA) is 27.7 Å². The van der Waals surface area contributed by atoms with E-state index in [9.17, 15) is 0 Å². The Bertz CT molecular complexity index is 251. The summed E-state index contributed by atoms with van der Waals surface area (Å²) in [6.07, 6.45) is 1.19. The first-order chi connectivity index (χ1) is 8.63. The standard InChI is InChI=1S/C14H29N3O/c1-4-13-11-18-10-9-16(13)12-14(2,3)17-7-5-15-6-8-17/h13,15H,4-12H2,1-3H3. The number of nitrogens with zero attached hydrogens (tertiary/aromatic N) is 2. The van der Waals surface area contributed by atoms with Gasteiger partial charge in [0.05, 0.1) is 13.2 Å². The van der Waals surface area contributed by atoms with Gasteiger partial charge in [-0.25, -0.2) is 0 Å². The number of ether oxygens (including phenoxy) is 1. The highest BCUT2D eigenvalue weighted by Gasteiger charge is 2.32. The Kier molecular flexibility index (Phi) is 5.01. The monoisotopic (exact) mass is 255 g/mol. The van der Waals surface area contributed by atoms with Gasteiger partial charge in [-0.05, 0) is 20.3 Å². The van der Waals surface area contributed by atoms with Crippen LogP contribution in [0.2, 0.25) is 0 Å². The van der Waals surface area contributed by atoms with E-state index in [0.29, 0.717) is 6.04 Å². The van der Waals surface area contributed by atoms with E-state index in [-0.39, 0.29) is 5.54 Å². The summed E-state index contributed by atoms with van der Waals surface area (Å²) in [5, 5.41) is 3.44. The van der Waals surface area contributed by atoms with Crippen molar-refractivity contribution in [1.82, 2.24) is 15.1 Å². The second-order valence-corrected chi connectivity index (χ2v) is 6.16. The summed E-state index contributed by atoms with van der Waals surface area (Å²) in [4.78, 5) is 5.26. The first kappa shape index (κ1) is 14.3. The molecule has 1 atom stereocenters. The van der Waals surface area contributed by atoms with Crippen molar-refractivity contribution >= 4 is 0 Å². The molecule has 0 aromatic carbocycles. The van der Waals surface area contributed by atoms with Crippen LogP contribution in [-0.2, 0) is 4.74 Å². The molecule has 0 aromatic heterocycles. The number of morpholine rings is 1. The fraction of sp³-hybridized carbons (Fsp3) is 1.00. The normalized spacial score (nSPS) is 28.5. The van der Waals surface area contributed by atoms with Gasteiger partial charge >= 0.3 is 0 Å². The number of nitrogens with one attached hydrogen (secondary N) is 1. The lowest BCUT2D eigenvalue weighted by atomic mass is 9.99. The largest absolute Gasteiger partial charge is 0.378 e. The molecular formula is C14H29N3O. The molecule has 1 unspecified atom stereocenters. The molecule has 0 aromatic rings. The molecule has 2 saturated heterocycles. The highest BCUT2D eigenvalue weighted by Crippen LogP contribution is 2.20. The van der Waals surface area contributed by atoms with Gasteiger partial charge in [0.15, 0.2) is 0 Å². The minimum atomic E-state index is 0.271. The average Bonchev–Trinajstić information content (AvgIpc) is 2.40. The lowest BCUT2D eigenvalue weighted by Gasteiger charge is -2.46. The van der Waals surface area contributed by atoms with Crippen LogP contribution in [-0.4, -0.2) is 73.9 Å². The number of hydrogen-bond acceptors (Lipinski definition) is 4. The highest BCUT2D eigenvalue weighted by molar-refractivity contribution is 4.90. The molecule has 4 nitrogen and oxygen atoms in total. The van der Waals surface area contributed by atoms with Gasteiger partial charge in [0.2, 0.25) is 0 Å². The number of rotatable bonds is 4. The van der Waals surface area contributed by atoms with Crippen LogP contribution in [0.3, 0.4) is 0 Å². The molecule has 106 valence electrons. The van der Waals surface area contributed by atoms with E-state index in [1.165, 1.54) is 19.5 Å². The van der Waals surface area contributed by atoms with Gasteiger partial charge in [-0.15, -0.1) is 0 Å². The molecule has 1 N–H and O–H groups in total. The zero-order valence-electron chi connectivity index (χ0n) is 12.2. The van der Waals surface area contributed by atoms with E-state index in [1.54, 1.807) is 0 Å². The van der Waals surface area contributed by atoms with Crippen molar-refractivity contribution < 1.29 is 4.74 Å². The minimum Gasteiger partial charge on any atom is -0.378 e. The Morgan fingerprint density at radius 2 is 1.94 bits per heavy atom. The molecule has 2 heterocycles. The van der Waals surface area contributed by atoms with Gasteiger partial charge in [-0.2, -0.15) is 0 Å². The molecule has 18 heavy (non-hydrogen) atoms. The third kappa shape index (κ3) is 3.44. The molecule has 0 bridgehead atoms. The molecule has 0 radical (unpaired) electrons. The second kappa shape index (κ2) is 6.33. The van der Waals surface area contributed by atoms with Crippen LogP contribution >= 0.6 is 0 Å². The third-order valence-electron chi connectivity index (χ3n) is 4.38. The molecule has 2 fully saturated rings. The maximum absolute atomic E-state index is 5.60. The summed E-state index contributed by atoms with van der Waals surface area (Å²) in [5.74, 6) is 0. The predicted octanol–water partition coefficient (Wildman–Crippen LogP) is 0.781. The zero-order chi connectivity index (χ0) is 13.0. The van der Waals surface area contributed by atoms with Gasteiger partial charge < -0.3 is 10.1 Å². The van der Waals surface area contributed by atoms with Crippen molar-refractivity contribution in [3.05, 3.63) is 0 Å². The van der Waals surface area contributed by atoms with E-state index in [0.717, 1.165) is 39.4 Å². The Morgan fingerprint density at radius 1 is 1.22 bits per heavy atom. The maximum atomic E-state index is 5.60. The second-order valence-electron chi connectivity index (χ2n) is 6.16. The molecular weight excluding hydrogens is 226 g/mol. The first-order valence-electron chi connectivity index (χ1n) is 7.41. The minimum absolute atomic E-state index is 0.271. The molecule has 0 aliphatic carbocycles. The van der Waals surface area contributed by atoms with Gasteiger partial charge in [-0.1, -0.05) is 6.92 Å². The third-order valence-corrected chi connectivity index (χ3v) is 4.38. The summed E-state index contributed by atoms with van der Waals surface area (Å²) in [6, 6.07) is 0.612. The molecule has 0 saturated carbocycles. The fourth-order valence-electron chi connectivity index (χ4n) is 3.14. The fourth-order valence-corrected chi connectivity index (χ4v) is 3.14. The van der Waals surface area contributed by atoms with Crippen molar-refractivity contribution in [3.63, 3.8) is 0 Å². The molecule has 4 heteroatoms. The quantitative estimate of drug-likeness (QED) is 0.803. The van der Waals surface area contributed by atoms with Crippen LogP contribution in [0.5, 0.6) is 0 Å². The Balaban J connectivity index is 1.92. The van der Waals surface area contributed by atoms with Crippen LogP contribution in [0.1, 0.15) is 27.2 Å². The van der Waals surface area contributed by atoms with Crippen LogP contribution in [0, 0.1) is 0 Å². The average molecular weight is 255 g/mol. The van der Waals surface area contributed by atoms with E-state index in [2.05, 4.69) is 35.9 Å². The van der Waals surface area contributed by atoms with Crippen molar-refractivity contribution in [2.75, 3.05) is 52.5 Å².